The van der Waals surface area contributed by atoms with E-state index in [4.69, 9.17) is 4.74 Å². The largest absolute Gasteiger partial charge is 0.452 e. The molecule has 0 unspecified atom stereocenters. The molecule has 0 radical (unpaired) electrons. The number of benzene rings is 2. The number of anilines is 2. The molecule has 0 spiro atoms. The standard InChI is InChI=1S/C21H24N4O5S/c1-14(21(27)23-15-8-10-16(11-9-15)25(2)3)30-19(26)12-13-22-20-17-6-4-5-7-18(17)31(28,29)24-20/h4-11,14H,12-13H2,1-3H3,(H,22,24)(H,23,27)/t14-/m0/s1. The average molecular weight is 445 g/mol. The molecule has 1 amide bonds. The molecule has 3 rings (SSSR count). The van der Waals surface area contributed by atoms with Crippen LogP contribution in [-0.4, -0.2) is 52.9 Å². The lowest BCUT2D eigenvalue weighted by Gasteiger charge is -2.15. The van der Waals surface area contributed by atoms with Crippen LogP contribution in [0.2, 0.25) is 0 Å². The molecule has 1 atom stereocenters. The molecule has 1 aliphatic rings. The van der Waals surface area contributed by atoms with Gasteiger partial charge >= 0.3 is 5.97 Å². The second-order valence-corrected chi connectivity index (χ2v) is 8.80. The fraction of sp³-hybridized carbons (Fsp3) is 0.286. The van der Waals surface area contributed by atoms with E-state index in [2.05, 4.69) is 15.0 Å². The molecule has 31 heavy (non-hydrogen) atoms. The summed E-state index contributed by atoms with van der Waals surface area (Å²) in [6.45, 7) is 1.50. The summed E-state index contributed by atoms with van der Waals surface area (Å²) in [6.07, 6.45) is -1.08. The molecule has 1 aliphatic heterocycles. The predicted octanol–water partition coefficient (Wildman–Crippen LogP) is 1.75. The molecule has 164 valence electrons. The number of carbonyl (C=O) groups is 2. The zero-order valence-electron chi connectivity index (χ0n) is 17.5. The van der Waals surface area contributed by atoms with E-state index in [0.717, 1.165) is 5.69 Å². The number of fused-ring (bicyclic) bond motifs is 1. The first-order valence-corrected chi connectivity index (χ1v) is 11.1. The van der Waals surface area contributed by atoms with Crippen LogP contribution in [0.15, 0.2) is 58.4 Å². The first kappa shape index (κ1) is 22.3. The summed E-state index contributed by atoms with van der Waals surface area (Å²) >= 11 is 0. The van der Waals surface area contributed by atoms with Gasteiger partial charge in [0.05, 0.1) is 17.9 Å². The van der Waals surface area contributed by atoms with E-state index in [-0.39, 0.29) is 23.7 Å². The molecular weight excluding hydrogens is 420 g/mol. The third kappa shape index (κ3) is 5.40. The molecule has 0 bridgehead atoms. The lowest BCUT2D eigenvalue weighted by atomic mass is 10.2. The van der Waals surface area contributed by atoms with Crippen molar-refractivity contribution in [2.75, 3.05) is 30.9 Å². The molecule has 2 N–H and O–H groups in total. The van der Waals surface area contributed by atoms with Gasteiger partial charge in [0, 0.05) is 31.0 Å². The van der Waals surface area contributed by atoms with Crippen molar-refractivity contribution in [2.45, 2.75) is 24.3 Å². The van der Waals surface area contributed by atoms with Crippen molar-refractivity contribution in [2.24, 2.45) is 4.99 Å². The molecular formula is C21H24N4O5S. The van der Waals surface area contributed by atoms with Gasteiger partial charge in [-0.1, -0.05) is 12.1 Å². The number of amides is 1. The SMILES string of the molecule is C[C@H](OC(=O)CCN=C1NS(=O)(=O)c2ccccc21)C(=O)Nc1ccc(N(C)C)cc1. The van der Waals surface area contributed by atoms with Crippen molar-refractivity contribution in [1.82, 2.24) is 4.72 Å². The highest BCUT2D eigenvalue weighted by Crippen LogP contribution is 2.22. The van der Waals surface area contributed by atoms with Crippen LogP contribution < -0.4 is 14.9 Å². The van der Waals surface area contributed by atoms with Gasteiger partial charge < -0.3 is 15.0 Å². The van der Waals surface area contributed by atoms with Crippen molar-refractivity contribution < 1.29 is 22.7 Å². The number of ether oxygens (including phenoxy) is 1. The predicted molar refractivity (Wildman–Crippen MR) is 118 cm³/mol. The first-order valence-electron chi connectivity index (χ1n) is 9.62. The summed E-state index contributed by atoms with van der Waals surface area (Å²) in [5.74, 6) is -0.866. The van der Waals surface area contributed by atoms with Gasteiger partial charge in [0.2, 0.25) is 0 Å². The van der Waals surface area contributed by atoms with E-state index in [1.807, 2.05) is 31.1 Å². The Morgan fingerprint density at radius 3 is 2.48 bits per heavy atom. The van der Waals surface area contributed by atoms with Crippen LogP contribution in [0.1, 0.15) is 18.9 Å². The zero-order chi connectivity index (χ0) is 22.6. The van der Waals surface area contributed by atoms with Crippen LogP contribution in [0.4, 0.5) is 11.4 Å². The van der Waals surface area contributed by atoms with Gasteiger partial charge in [-0.3, -0.25) is 19.3 Å². The minimum Gasteiger partial charge on any atom is -0.452 e. The minimum atomic E-state index is -3.63. The number of hydrogen-bond donors (Lipinski definition) is 2. The highest BCUT2D eigenvalue weighted by molar-refractivity contribution is 7.90. The average Bonchev–Trinajstić information content (AvgIpc) is 2.99. The number of amidine groups is 1. The van der Waals surface area contributed by atoms with Crippen LogP contribution in [0.25, 0.3) is 0 Å². The molecule has 2 aromatic rings. The zero-order valence-corrected chi connectivity index (χ0v) is 18.3. The van der Waals surface area contributed by atoms with Crippen molar-refractivity contribution >= 4 is 39.1 Å². The Morgan fingerprint density at radius 2 is 1.81 bits per heavy atom. The Kier molecular flexibility index (Phi) is 6.59. The van der Waals surface area contributed by atoms with Crippen LogP contribution in [-0.2, 0) is 24.3 Å². The molecule has 2 aromatic carbocycles. The molecule has 9 nitrogen and oxygen atoms in total. The van der Waals surface area contributed by atoms with E-state index in [9.17, 15) is 18.0 Å². The maximum atomic E-state index is 12.3. The fourth-order valence-electron chi connectivity index (χ4n) is 2.91. The summed E-state index contributed by atoms with van der Waals surface area (Å²) in [6, 6.07) is 13.7. The summed E-state index contributed by atoms with van der Waals surface area (Å²) in [7, 11) is 0.208. The molecule has 0 saturated carbocycles. The van der Waals surface area contributed by atoms with Gasteiger partial charge in [-0.25, -0.2) is 8.42 Å². The van der Waals surface area contributed by atoms with Crippen LogP contribution in [0.3, 0.4) is 0 Å². The number of rotatable bonds is 7. The Bertz CT molecular complexity index is 1110. The summed E-state index contributed by atoms with van der Waals surface area (Å²) in [5, 5.41) is 2.70. The Balaban J connectivity index is 1.50. The van der Waals surface area contributed by atoms with E-state index in [1.165, 1.54) is 13.0 Å². The summed E-state index contributed by atoms with van der Waals surface area (Å²) in [4.78, 5) is 30.6. The van der Waals surface area contributed by atoms with Gasteiger partial charge in [-0.2, -0.15) is 0 Å². The van der Waals surface area contributed by atoms with Gasteiger partial charge in [0.25, 0.3) is 15.9 Å². The van der Waals surface area contributed by atoms with Crippen molar-refractivity contribution in [1.29, 1.82) is 0 Å². The van der Waals surface area contributed by atoms with Crippen molar-refractivity contribution in [3.05, 3.63) is 54.1 Å². The highest BCUT2D eigenvalue weighted by atomic mass is 32.2. The third-order valence-electron chi connectivity index (χ3n) is 4.58. The molecule has 0 aliphatic carbocycles. The van der Waals surface area contributed by atoms with E-state index in [1.54, 1.807) is 30.3 Å². The second kappa shape index (κ2) is 9.17. The van der Waals surface area contributed by atoms with E-state index < -0.39 is 28.0 Å². The Hall–Kier alpha value is -3.40. The van der Waals surface area contributed by atoms with Gasteiger partial charge in [0.15, 0.2) is 6.10 Å². The molecule has 10 heteroatoms. The second-order valence-electron chi connectivity index (χ2n) is 7.14. The fourth-order valence-corrected chi connectivity index (χ4v) is 4.16. The summed E-state index contributed by atoms with van der Waals surface area (Å²) < 4.78 is 31.6. The quantitative estimate of drug-likeness (QED) is 0.629. The first-order chi connectivity index (χ1) is 14.7. The van der Waals surface area contributed by atoms with Crippen molar-refractivity contribution in [3.8, 4) is 0 Å². The van der Waals surface area contributed by atoms with Gasteiger partial charge in [-0.05, 0) is 43.3 Å². The number of esters is 1. The van der Waals surface area contributed by atoms with E-state index in [0.29, 0.717) is 11.3 Å². The summed E-state index contributed by atoms with van der Waals surface area (Å²) in [5.41, 5.74) is 2.05. The third-order valence-corrected chi connectivity index (χ3v) is 5.97. The highest BCUT2D eigenvalue weighted by Gasteiger charge is 2.30. The normalized spacial score (nSPS) is 16.2. The number of carbonyl (C=O) groups excluding carboxylic acids is 2. The number of sulfonamides is 1. The lowest BCUT2D eigenvalue weighted by Crippen LogP contribution is -2.30. The molecule has 1 heterocycles. The molecule has 0 saturated heterocycles. The topological polar surface area (TPSA) is 117 Å². The number of nitrogens with one attached hydrogen (secondary N) is 2. The van der Waals surface area contributed by atoms with Gasteiger partial charge in [0.1, 0.15) is 5.84 Å². The smallest absolute Gasteiger partial charge is 0.308 e. The van der Waals surface area contributed by atoms with E-state index >= 15 is 0 Å². The van der Waals surface area contributed by atoms with Crippen LogP contribution in [0, 0.1) is 0 Å². The van der Waals surface area contributed by atoms with Crippen LogP contribution in [0.5, 0.6) is 0 Å². The Labute approximate surface area is 181 Å². The maximum absolute atomic E-state index is 12.3. The maximum Gasteiger partial charge on any atom is 0.308 e. The number of hydrogen-bond acceptors (Lipinski definition) is 7. The lowest BCUT2D eigenvalue weighted by molar-refractivity contribution is -0.152. The minimum absolute atomic E-state index is 0.0192. The monoisotopic (exact) mass is 444 g/mol. The number of nitrogens with zero attached hydrogens (tertiary/aromatic N) is 2. The Morgan fingerprint density at radius 1 is 1.13 bits per heavy atom. The molecule has 0 fully saturated rings. The molecule has 0 aromatic heterocycles. The number of aliphatic imine (C=N–C) groups is 1. The van der Waals surface area contributed by atoms with Crippen molar-refractivity contribution in [3.63, 3.8) is 0 Å². The van der Waals surface area contributed by atoms with Gasteiger partial charge in [-0.15, -0.1) is 0 Å². The van der Waals surface area contributed by atoms with Crippen LogP contribution >= 0.6 is 0 Å².